The molecular formula is C10H20N2O3. The number of likely N-dealkylation sites (N-methyl/N-ethyl adjacent to an activating group) is 1. The first-order valence-electron chi connectivity index (χ1n) is 5.34. The monoisotopic (exact) mass is 216 g/mol. The number of esters is 1. The van der Waals surface area contributed by atoms with E-state index >= 15 is 0 Å². The molecule has 15 heavy (non-hydrogen) atoms. The van der Waals surface area contributed by atoms with Gasteiger partial charge in [0.05, 0.1) is 19.8 Å². The fourth-order valence-corrected chi connectivity index (χ4v) is 1.74. The van der Waals surface area contributed by atoms with Crippen LogP contribution in [0.15, 0.2) is 0 Å². The van der Waals surface area contributed by atoms with Crippen LogP contribution in [0, 0.1) is 0 Å². The van der Waals surface area contributed by atoms with Crippen LogP contribution in [0.3, 0.4) is 0 Å². The van der Waals surface area contributed by atoms with Gasteiger partial charge < -0.3 is 15.2 Å². The Hall–Kier alpha value is -0.650. The van der Waals surface area contributed by atoms with Gasteiger partial charge in [-0.1, -0.05) is 6.92 Å². The predicted molar refractivity (Wildman–Crippen MR) is 56.5 cm³/mol. The normalized spacial score (nSPS) is 24.9. The van der Waals surface area contributed by atoms with Gasteiger partial charge in [0.25, 0.3) is 0 Å². The summed E-state index contributed by atoms with van der Waals surface area (Å²) in [5.41, 5.74) is 5.67. The van der Waals surface area contributed by atoms with E-state index in [0.717, 1.165) is 19.6 Å². The molecule has 1 fully saturated rings. The van der Waals surface area contributed by atoms with Crippen molar-refractivity contribution >= 4 is 5.97 Å². The zero-order valence-corrected chi connectivity index (χ0v) is 9.44. The molecule has 2 unspecified atom stereocenters. The van der Waals surface area contributed by atoms with Gasteiger partial charge in [0.2, 0.25) is 0 Å². The van der Waals surface area contributed by atoms with Gasteiger partial charge in [0, 0.05) is 19.5 Å². The van der Waals surface area contributed by atoms with E-state index in [-0.39, 0.29) is 12.1 Å². The standard InChI is InChI=1S/C10H20N2O3/c1-3-12-4-5-15-8(7-12)6-9(11)10(13)14-2/h8-9H,3-7,11H2,1-2H3. The van der Waals surface area contributed by atoms with Gasteiger partial charge in [-0.15, -0.1) is 0 Å². The summed E-state index contributed by atoms with van der Waals surface area (Å²) in [5.74, 6) is -0.368. The van der Waals surface area contributed by atoms with Gasteiger partial charge >= 0.3 is 5.97 Å². The number of ether oxygens (including phenoxy) is 2. The van der Waals surface area contributed by atoms with Crippen LogP contribution in [0.5, 0.6) is 0 Å². The minimum absolute atomic E-state index is 0.0489. The Bertz CT molecular complexity index is 211. The van der Waals surface area contributed by atoms with Crippen LogP contribution in [0.2, 0.25) is 0 Å². The average molecular weight is 216 g/mol. The van der Waals surface area contributed by atoms with Gasteiger partial charge in [-0.05, 0) is 6.54 Å². The van der Waals surface area contributed by atoms with Crippen molar-refractivity contribution in [3.05, 3.63) is 0 Å². The van der Waals surface area contributed by atoms with E-state index in [9.17, 15) is 4.79 Å². The van der Waals surface area contributed by atoms with E-state index < -0.39 is 6.04 Å². The number of hydrogen-bond donors (Lipinski definition) is 1. The summed E-state index contributed by atoms with van der Waals surface area (Å²) in [7, 11) is 1.35. The molecule has 0 spiro atoms. The average Bonchev–Trinajstić information content (AvgIpc) is 2.28. The molecule has 0 amide bonds. The summed E-state index contributed by atoms with van der Waals surface area (Å²) >= 11 is 0. The Kier molecular flexibility index (Phi) is 5.01. The number of morpholine rings is 1. The minimum atomic E-state index is -0.572. The van der Waals surface area contributed by atoms with E-state index in [4.69, 9.17) is 10.5 Å². The highest BCUT2D eigenvalue weighted by molar-refractivity contribution is 5.75. The van der Waals surface area contributed by atoms with Crippen molar-refractivity contribution in [2.45, 2.75) is 25.5 Å². The van der Waals surface area contributed by atoms with E-state index in [2.05, 4.69) is 16.6 Å². The molecule has 0 aromatic rings. The van der Waals surface area contributed by atoms with Crippen LogP contribution in [-0.2, 0) is 14.3 Å². The van der Waals surface area contributed by atoms with Gasteiger partial charge in [-0.3, -0.25) is 9.69 Å². The first kappa shape index (κ1) is 12.4. The molecule has 1 aliphatic heterocycles. The lowest BCUT2D eigenvalue weighted by molar-refractivity contribution is -0.143. The van der Waals surface area contributed by atoms with Crippen molar-refractivity contribution in [2.75, 3.05) is 33.4 Å². The van der Waals surface area contributed by atoms with Gasteiger partial charge in [0.1, 0.15) is 6.04 Å². The quantitative estimate of drug-likeness (QED) is 0.648. The fraction of sp³-hybridized carbons (Fsp3) is 0.900. The molecule has 1 aliphatic rings. The lowest BCUT2D eigenvalue weighted by atomic mass is 10.1. The Morgan fingerprint density at radius 3 is 3.07 bits per heavy atom. The van der Waals surface area contributed by atoms with Crippen LogP contribution in [0.1, 0.15) is 13.3 Å². The molecule has 2 N–H and O–H groups in total. The van der Waals surface area contributed by atoms with Crippen molar-refractivity contribution in [1.82, 2.24) is 4.90 Å². The van der Waals surface area contributed by atoms with E-state index in [1.165, 1.54) is 7.11 Å². The maximum atomic E-state index is 11.1. The molecule has 88 valence electrons. The van der Waals surface area contributed by atoms with Crippen molar-refractivity contribution < 1.29 is 14.3 Å². The number of rotatable bonds is 4. The molecule has 0 aromatic carbocycles. The molecule has 5 nitrogen and oxygen atoms in total. The van der Waals surface area contributed by atoms with Gasteiger partial charge in [0.15, 0.2) is 0 Å². The molecule has 0 aliphatic carbocycles. The Morgan fingerprint density at radius 2 is 2.47 bits per heavy atom. The Labute approximate surface area is 90.5 Å². The minimum Gasteiger partial charge on any atom is -0.468 e. The Balaban J connectivity index is 2.34. The molecule has 0 bridgehead atoms. The zero-order valence-electron chi connectivity index (χ0n) is 9.44. The molecule has 5 heteroatoms. The van der Waals surface area contributed by atoms with E-state index in [1.807, 2.05) is 0 Å². The van der Waals surface area contributed by atoms with Crippen LogP contribution >= 0.6 is 0 Å². The summed E-state index contributed by atoms with van der Waals surface area (Å²) in [6.45, 7) is 5.64. The van der Waals surface area contributed by atoms with Crippen LogP contribution in [0.25, 0.3) is 0 Å². The second-order valence-corrected chi connectivity index (χ2v) is 3.75. The molecule has 1 rings (SSSR count). The molecule has 2 atom stereocenters. The van der Waals surface area contributed by atoms with E-state index in [1.54, 1.807) is 0 Å². The lowest BCUT2D eigenvalue weighted by Crippen LogP contribution is -2.46. The lowest BCUT2D eigenvalue weighted by Gasteiger charge is -2.32. The highest BCUT2D eigenvalue weighted by atomic mass is 16.5. The molecule has 0 saturated carbocycles. The van der Waals surface area contributed by atoms with Crippen LogP contribution < -0.4 is 5.73 Å². The van der Waals surface area contributed by atoms with Crippen molar-refractivity contribution in [3.63, 3.8) is 0 Å². The molecule has 1 heterocycles. The maximum absolute atomic E-state index is 11.1. The topological polar surface area (TPSA) is 64.8 Å². The first-order chi connectivity index (χ1) is 7.17. The number of hydrogen-bond acceptors (Lipinski definition) is 5. The zero-order chi connectivity index (χ0) is 11.3. The van der Waals surface area contributed by atoms with Crippen molar-refractivity contribution in [1.29, 1.82) is 0 Å². The Morgan fingerprint density at radius 1 is 1.73 bits per heavy atom. The van der Waals surface area contributed by atoms with Crippen LogP contribution in [-0.4, -0.2) is 56.4 Å². The van der Waals surface area contributed by atoms with Gasteiger partial charge in [-0.25, -0.2) is 0 Å². The second kappa shape index (κ2) is 6.05. The van der Waals surface area contributed by atoms with Crippen LogP contribution in [0.4, 0.5) is 0 Å². The van der Waals surface area contributed by atoms with Crippen molar-refractivity contribution in [2.24, 2.45) is 5.73 Å². The number of carbonyl (C=O) groups excluding carboxylic acids is 1. The maximum Gasteiger partial charge on any atom is 0.322 e. The number of nitrogens with two attached hydrogens (primary N) is 1. The summed E-state index contributed by atoms with van der Waals surface area (Å²) in [4.78, 5) is 13.4. The van der Waals surface area contributed by atoms with Crippen molar-refractivity contribution in [3.8, 4) is 0 Å². The fourth-order valence-electron chi connectivity index (χ4n) is 1.74. The third-order valence-electron chi connectivity index (χ3n) is 2.69. The summed E-state index contributed by atoms with van der Waals surface area (Å²) < 4.78 is 10.1. The third-order valence-corrected chi connectivity index (χ3v) is 2.69. The summed E-state index contributed by atoms with van der Waals surface area (Å²) in [6.07, 6.45) is 0.580. The molecular weight excluding hydrogens is 196 g/mol. The van der Waals surface area contributed by atoms with E-state index in [0.29, 0.717) is 13.0 Å². The SMILES string of the molecule is CCN1CCOC(CC(N)C(=O)OC)C1. The van der Waals surface area contributed by atoms with Gasteiger partial charge in [-0.2, -0.15) is 0 Å². The predicted octanol–water partition coefficient (Wildman–Crippen LogP) is -0.402. The first-order valence-corrected chi connectivity index (χ1v) is 5.34. The molecule has 1 saturated heterocycles. The smallest absolute Gasteiger partial charge is 0.322 e. The number of carbonyl (C=O) groups is 1. The molecule has 0 radical (unpaired) electrons. The second-order valence-electron chi connectivity index (χ2n) is 3.75. The summed E-state index contributed by atoms with van der Waals surface area (Å²) in [5, 5.41) is 0. The summed E-state index contributed by atoms with van der Waals surface area (Å²) in [6, 6.07) is -0.572. The third kappa shape index (κ3) is 3.77. The highest BCUT2D eigenvalue weighted by Gasteiger charge is 2.24. The highest BCUT2D eigenvalue weighted by Crippen LogP contribution is 2.10. The molecule has 0 aromatic heterocycles. The number of nitrogens with zero attached hydrogens (tertiary/aromatic N) is 1. The number of methoxy groups -OCH3 is 1. The largest absolute Gasteiger partial charge is 0.468 e.